The number of hydrogen-bond acceptors (Lipinski definition) is 6. The van der Waals surface area contributed by atoms with E-state index in [0.29, 0.717) is 27.8 Å². The fourth-order valence-electron chi connectivity index (χ4n) is 3.69. The lowest BCUT2D eigenvalue weighted by molar-refractivity contribution is 0.436. The number of anilines is 1. The van der Waals surface area contributed by atoms with Gasteiger partial charge in [-0.1, -0.05) is 36.7 Å². The summed E-state index contributed by atoms with van der Waals surface area (Å²) in [6.45, 7) is 3.69. The molecule has 1 aliphatic rings. The topological polar surface area (TPSA) is 86.9 Å². The number of nitriles is 1. The first kappa shape index (κ1) is 20.6. The number of para-hydroxylation sites is 2. The van der Waals surface area contributed by atoms with Gasteiger partial charge in [-0.2, -0.15) is 5.26 Å². The van der Waals surface area contributed by atoms with Crippen LogP contribution in [0.4, 0.5) is 5.82 Å². The third kappa shape index (κ3) is 3.85. The summed E-state index contributed by atoms with van der Waals surface area (Å²) in [5.74, 6) is 1.07. The van der Waals surface area contributed by atoms with Crippen molar-refractivity contribution in [2.75, 3.05) is 18.0 Å². The van der Waals surface area contributed by atoms with Crippen LogP contribution >= 0.6 is 11.6 Å². The second kappa shape index (κ2) is 8.21. The molecular weight excluding hydrogens is 420 g/mol. The van der Waals surface area contributed by atoms with Crippen LogP contribution in [0.15, 0.2) is 53.4 Å². The van der Waals surface area contributed by atoms with E-state index in [-0.39, 0.29) is 10.6 Å². The highest BCUT2D eigenvalue weighted by molar-refractivity contribution is 7.92. The average Bonchev–Trinajstić information content (AvgIpc) is 2.74. The molecule has 4 rings (SSSR count). The summed E-state index contributed by atoms with van der Waals surface area (Å²) in [5.41, 5.74) is 1.40. The number of benzene rings is 2. The Morgan fingerprint density at radius 2 is 1.77 bits per heavy atom. The molecule has 0 N–H and O–H groups in total. The number of rotatable bonds is 4. The van der Waals surface area contributed by atoms with E-state index in [1.807, 2.05) is 29.2 Å². The predicted octanol–water partition coefficient (Wildman–Crippen LogP) is 4.56. The maximum atomic E-state index is 13.4. The zero-order valence-corrected chi connectivity index (χ0v) is 18.1. The lowest BCUT2D eigenvalue weighted by atomic mass is 9.99. The fourth-order valence-corrected chi connectivity index (χ4v) is 5.37. The minimum Gasteiger partial charge on any atom is -0.355 e. The summed E-state index contributed by atoms with van der Waals surface area (Å²) in [6.07, 6.45) is 1.96. The van der Waals surface area contributed by atoms with Gasteiger partial charge in [0.05, 0.1) is 22.0 Å². The van der Waals surface area contributed by atoms with E-state index in [4.69, 9.17) is 16.6 Å². The normalized spacial score (nSPS) is 16.4. The van der Waals surface area contributed by atoms with Crippen LogP contribution in [0, 0.1) is 17.2 Å². The molecule has 0 unspecified atom stereocenters. The smallest absolute Gasteiger partial charge is 0.200 e. The zero-order chi connectivity index (χ0) is 21.3. The first-order chi connectivity index (χ1) is 14.4. The molecule has 0 bridgehead atoms. The number of piperidine rings is 1. The second-order valence-electron chi connectivity index (χ2n) is 7.60. The van der Waals surface area contributed by atoms with Crippen molar-refractivity contribution in [3.63, 3.8) is 0 Å². The second-order valence-corrected chi connectivity index (χ2v) is 10.1. The van der Waals surface area contributed by atoms with Crippen molar-refractivity contribution in [1.29, 1.82) is 5.26 Å². The highest BCUT2D eigenvalue weighted by atomic mass is 35.5. The molecule has 1 aromatic heterocycles. The van der Waals surface area contributed by atoms with Gasteiger partial charge in [0, 0.05) is 18.1 Å². The predicted molar refractivity (Wildman–Crippen MR) is 117 cm³/mol. The molecule has 1 saturated heterocycles. The van der Waals surface area contributed by atoms with Crippen LogP contribution in [-0.2, 0) is 9.84 Å². The Labute approximate surface area is 181 Å². The van der Waals surface area contributed by atoms with Crippen molar-refractivity contribution in [2.45, 2.75) is 29.9 Å². The molecule has 3 aromatic rings. The van der Waals surface area contributed by atoms with Gasteiger partial charge in [0.2, 0.25) is 9.84 Å². The lowest BCUT2D eigenvalue weighted by Crippen LogP contribution is -2.35. The Balaban J connectivity index is 1.89. The van der Waals surface area contributed by atoms with Gasteiger partial charge in [0.1, 0.15) is 5.69 Å². The number of fused-ring (bicyclic) bond motifs is 1. The van der Waals surface area contributed by atoms with E-state index in [2.05, 4.69) is 11.9 Å². The van der Waals surface area contributed by atoms with Gasteiger partial charge in [-0.15, -0.1) is 0 Å². The van der Waals surface area contributed by atoms with Gasteiger partial charge in [0.25, 0.3) is 0 Å². The SMILES string of the molecule is CC1CCN(c2nc3ccccc3nc2[C@@H](C#N)S(=O)(=O)c2cccc(Cl)c2)CC1. The van der Waals surface area contributed by atoms with E-state index < -0.39 is 15.1 Å². The molecule has 2 heterocycles. The molecule has 154 valence electrons. The minimum atomic E-state index is -4.04. The Morgan fingerprint density at radius 3 is 2.40 bits per heavy atom. The molecular formula is C22H21ClN4O2S. The zero-order valence-electron chi connectivity index (χ0n) is 16.5. The van der Waals surface area contributed by atoms with E-state index in [1.54, 1.807) is 18.2 Å². The number of sulfone groups is 1. The third-order valence-electron chi connectivity index (χ3n) is 5.46. The fraction of sp³-hybridized carbons (Fsp3) is 0.318. The maximum absolute atomic E-state index is 13.4. The quantitative estimate of drug-likeness (QED) is 0.591. The van der Waals surface area contributed by atoms with Crippen molar-refractivity contribution >= 4 is 38.3 Å². The highest BCUT2D eigenvalue weighted by Crippen LogP contribution is 2.35. The van der Waals surface area contributed by atoms with Crippen LogP contribution in [0.3, 0.4) is 0 Å². The van der Waals surface area contributed by atoms with Gasteiger partial charge < -0.3 is 4.90 Å². The summed E-state index contributed by atoms with van der Waals surface area (Å²) < 4.78 is 26.7. The molecule has 0 aliphatic carbocycles. The molecule has 0 radical (unpaired) electrons. The molecule has 0 spiro atoms. The Bertz CT molecular complexity index is 1230. The van der Waals surface area contributed by atoms with E-state index in [0.717, 1.165) is 25.9 Å². The molecule has 6 nitrogen and oxygen atoms in total. The number of halogens is 1. The average molecular weight is 441 g/mol. The Morgan fingerprint density at radius 1 is 1.10 bits per heavy atom. The van der Waals surface area contributed by atoms with E-state index >= 15 is 0 Å². The van der Waals surface area contributed by atoms with Gasteiger partial charge in [-0.05, 0) is 49.1 Å². The monoisotopic (exact) mass is 440 g/mol. The van der Waals surface area contributed by atoms with E-state index in [1.165, 1.54) is 12.1 Å². The molecule has 1 aliphatic heterocycles. The van der Waals surface area contributed by atoms with Crippen LogP contribution in [-0.4, -0.2) is 31.5 Å². The first-order valence-corrected chi connectivity index (χ1v) is 11.7. The van der Waals surface area contributed by atoms with Crippen LogP contribution in [0.25, 0.3) is 11.0 Å². The largest absolute Gasteiger partial charge is 0.355 e. The summed E-state index contributed by atoms with van der Waals surface area (Å²) in [7, 11) is -4.04. The van der Waals surface area contributed by atoms with Crippen molar-refractivity contribution in [3.05, 3.63) is 59.2 Å². The van der Waals surface area contributed by atoms with Gasteiger partial charge in [0.15, 0.2) is 11.1 Å². The van der Waals surface area contributed by atoms with Gasteiger partial charge in [-0.3, -0.25) is 0 Å². The summed E-state index contributed by atoms with van der Waals surface area (Å²) in [4.78, 5) is 11.4. The highest BCUT2D eigenvalue weighted by Gasteiger charge is 2.35. The number of hydrogen-bond donors (Lipinski definition) is 0. The van der Waals surface area contributed by atoms with E-state index in [9.17, 15) is 13.7 Å². The number of nitrogens with zero attached hydrogens (tertiary/aromatic N) is 4. The maximum Gasteiger partial charge on any atom is 0.200 e. The van der Waals surface area contributed by atoms with Crippen LogP contribution in [0.5, 0.6) is 0 Å². The van der Waals surface area contributed by atoms with Crippen LogP contribution in [0.1, 0.15) is 30.7 Å². The first-order valence-electron chi connectivity index (χ1n) is 9.81. The van der Waals surface area contributed by atoms with Crippen molar-refractivity contribution < 1.29 is 8.42 Å². The molecule has 1 fully saturated rings. The summed E-state index contributed by atoms with van der Waals surface area (Å²) in [5, 5.41) is 8.74. The lowest BCUT2D eigenvalue weighted by Gasteiger charge is -2.32. The molecule has 2 aromatic carbocycles. The van der Waals surface area contributed by atoms with Gasteiger partial charge in [-0.25, -0.2) is 18.4 Å². The van der Waals surface area contributed by atoms with Crippen LogP contribution < -0.4 is 4.90 Å². The van der Waals surface area contributed by atoms with Crippen molar-refractivity contribution in [1.82, 2.24) is 9.97 Å². The standard InChI is InChI=1S/C22H21ClN4O2S/c1-15-9-11-27(12-10-15)22-21(25-18-7-2-3-8-19(18)26-22)20(14-24)30(28,29)17-6-4-5-16(23)13-17/h2-8,13,15,20H,9-12H2,1H3/t20-/m1/s1. The molecule has 30 heavy (non-hydrogen) atoms. The van der Waals surface area contributed by atoms with Crippen molar-refractivity contribution in [2.24, 2.45) is 5.92 Å². The number of aromatic nitrogens is 2. The minimum absolute atomic E-state index is 0.00488. The summed E-state index contributed by atoms with van der Waals surface area (Å²) in [6, 6.07) is 15.2. The van der Waals surface area contributed by atoms with Crippen LogP contribution in [0.2, 0.25) is 5.02 Å². The molecule has 8 heteroatoms. The molecule has 0 saturated carbocycles. The molecule has 0 amide bonds. The molecule has 1 atom stereocenters. The Kier molecular flexibility index (Phi) is 5.63. The van der Waals surface area contributed by atoms with Gasteiger partial charge >= 0.3 is 0 Å². The summed E-state index contributed by atoms with van der Waals surface area (Å²) >= 11 is 6.01. The Hall–Kier alpha value is -2.69. The van der Waals surface area contributed by atoms with Crippen molar-refractivity contribution in [3.8, 4) is 6.07 Å². The third-order valence-corrected chi connectivity index (χ3v) is 7.56.